The highest BCUT2D eigenvalue weighted by atomic mass is 127. The van der Waals surface area contributed by atoms with Gasteiger partial charge in [-0.2, -0.15) is 0 Å². The van der Waals surface area contributed by atoms with Gasteiger partial charge in [-0.25, -0.2) is 4.99 Å². The molecule has 0 radical (unpaired) electrons. The van der Waals surface area contributed by atoms with E-state index in [0.29, 0.717) is 31.4 Å². The fraction of sp³-hybridized carbons (Fsp3) is 0.333. The van der Waals surface area contributed by atoms with Crippen molar-refractivity contribution in [2.24, 2.45) is 4.99 Å². The molecule has 2 heterocycles. The van der Waals surface area contributed by atoms with Crippen LogP contribution in [0.4, 0.5) is 0 Å². The maximum atomic E-state index is 10.7. The molecule has 1 unspecified atom stereocenters. The summed E-state index contributed by atoms with van der Waals surface area (Å²) in [7, 11) is 0. The van der Waals surface area contributed by atoms with Gasteiger partial charge in [0.1, 0.15) is 29.5 Å². The summed E-state index contributed by atoms with van der Waals surface area (Å²) in [5, 5.41) is 17.1. The molecule has 0 saturated carbocycles. The minimum absolute atomic E-state index is 0. The van der Waals surface area contributed by atoms with Crippen LogP contribution >= 0.6 is 24.0 Å². The minimum atomic E-state index is -1.15. The molecule has 3 rings (SSSR count). The Labute approximate surface area is 206 Å². The van der Waals surface area contributed by atoms with Crippen molar-refractivity contribution in [1.29, 1.82) is 0 Å². The van der Waals surface area contributed by atoms with Crippen LogP contribution in [-0.2, 0) is 18.8 Å². The number of aliphatic imine (C=N–C) groups is 1. The molecule has 1 aromatic carbocycles. The van der Waals surface area contributed by atoms with Gasteiger partial charge in [0.25, 0.3) is 0 Å². The zero-order valence-electron chi connectivity index (χ0n) is 18.7. The topological polar surface area (TPSA) is 91.9 Å². The highest BCUT2D eigenvalue weighted by Crippen LogP contribution is 2.22. The number of ether oxygens (including phenoxy) is 1. The molecule has 0 aliphatic rings. The first-order valence-corrected chi connectivity index (χ1v) is 10.4. The lowest BCUT2D eigenvalue weighted by Gasteiger charge is -2.22. The number of rotatable bonds is 9. The number of hydrogen-bond donors (Lipinski definition) is 3. The van der Waals surface area contributed by atoms with Crippen molar-refractivity contribution in [3.8, 4) is 5.75 Å². The van der Waals surface area contributed by atoms with Crippen LogP contribution < -0.4 is 15.4 Å². The third-order valence-corrected chi connectivity index (χ3v) is 4.65. The van der Waals surface area contributed by atoms with Crippen molar-refractivity contribution >= 4 is 29.9 Å². The van der Waals surface area contributed by atoms with Crippen molar-refractivity contribution in [2.45, 2.75) is 39.5 Å². The van der Waals surface area contributed by atoms with Crippen molar-refractivity contribution in [3.63, 3.8) is 0 Å². The molecule has 0 fully saturated rings. The highest BCUT2D eigenvalue weighted by molar-refractivity contribution is 14.0. The van der Waals surface area contributed by atoms with Gasteiger partial charge >= 0.3 is 0 Å². The number of aliphatic hydroxyl groups is 1. The first kappa shape index (κ1) is 25.7. The second kappa shape index (κ2) is 12.4. The summed E-state index contributed by atoms with van der Waals surface area (Å²) in [4.78, 5) is 8.90. The van der Waals surface area contributed by atoms with E-state index >= 15 is 0 Å². The molecule has 0 aliphatic carbocycles. The average molecular weight is 550 g/mol. The van der Waals surface area contributed by atoms with Gasteiger partial charge in [-0.15, -0.1) is 24.0 Å². The Morgan fingerprint density at radius 1 is 1.16 bits per heavy atom. The van der Waals surface area contributed by atoms with E-state index in [1.54, 1.807) is 19.2 Å². The summed E-state index contributed by atoms with van der Waals surface area (Å²) in [6.07, 6.45) is 1.75. The lowest BCUT2D eigenvalue weighted by atomic mass is 10.0. The Hall–Kier alpha value is -2.59. The molecule has 32 heavy (non-hydrogen) atoms. The maximum absolute atomic E-state index is 10.7. The van der Waals surface area contributed by atoms with E-state index in [2.05, 4.69) is 20.6 Å². The molecule has 3 aromatic rings. The quantitative estimate of drug-likeness (QED) is 0.211. The van der Waals surface area contributed by atoms with Gasteiger partial charge in [-0.3, -0.25) is 4.98 Å². The van der Waals surface area contributed by atoms with E-state index in [1.807, 2.05) is 62.4 Å². The van der Waals surface area contributed by atoms with E-state index < -0.39 is 5.60 Å². The summed E-state index contributed by atoms with van der Waals surface area (Å²) < 4.78 is 11.4. The number of hydrogen-bond acceptors (Lipinski definition) is 5. The Morgan fingerprint density at radius 3 is 2.69 bits per heavy atom. The second-order valence-electron chi connectivity index (χ2n) is 7.49. The van der Waals surface area contributed by atoms with E-state index in [1.165, 1.54) is 0 Å². The van der Waals surface area contributed by atoms with Crippen LogP contribution in [0.1, 0.15) is 36.6 Å². The number of nitrogens with one attached hydrogen (secondary N) is 2. The number of benzene rings is 1. The van der Waals surface area contributed by atoms with Crippen LogP contribution in [0.3, 0.4) is 0 Å². The fourth-order valence-electron chi connectivity index (χ4n) is 2.95. The molecule has 1 atom stereocenters. The maximum Gasteiger partial charge on any atom is 0.191 e. The lowest BCUT2D eigenvalue weighted by molar-refractivity contribution is 0.0378. The molecule has 0 saturated heterocycles. The van der Waals surface area contributed by atoms with Crippen LogP contribution in [0.2, 0.25) is 0 Å². The van der Waals surface area contributed by atoms with Crippen LogP contribution in [0.15, 0.2) is 70.2 Å². The smallest absolute Gasteiger partial charge is 0.191 e. The average Bonchev–Trinajstić information content (AvgIpc) is 3.23. The van der Waals surface area contributed by atoms with Crippen LogP contribution in [0, 0.1) is 6.92 Å². The summed E-state index contributed by atoms with van der Waals surface area (Å²) in [5.41, 5.74) is 0.747. The van der Waals surface area contributed by atoms with Crippen LogP contribution in [-0.4, -0.2) is 29.1 Å². The predicted molar refractivity (Wildman–Crippen MR) is 136 cm³/mol. The molecule has 0 amide bonds. The monoisotopic (exact) mass is 550 g/mol. The summed E-state index contributed by atoms with van der Waals surface area (Å²) in [6.45, 7) is 7.42. The lowest BCUT2D eigenvalue weighted by Crippen LogP contribution is -2.44. The Balaban J connectivity index is 0.00000363. The number of pyridine rings is 1. The molecular formula is C24H31IN4O3. The fourth-order valence-corrected chi connectivity index (χ4v) is 2.95. The van der Waals surface area contributed by atoms with Crippen LogP contribution in [0.5, 0.6) is 5.75 Å². The van der Waals surface area contributed by atoms with Gasteiger partial charge in [0.15, 0.2) is 5.96 Å². The Bertz CT molecular complexity index is 990. The van der Waals surface area contributed by atoms with E-state index in [4.69, 9.17) is 9.15 Å². The molecule has 7 nitrogen and oxygen atoms in total. The third-order valence-electron chi connectivity index (χ3n) is 4.65. The van der Waals surface area contributed by atoms with Gasteiger partial charge in [-0.05, 0) is 62.7 Å². The number of aromatic nitrogens is 1. The van der Waals surface area contributed by atoms with E-state index in [-0.39, 0.29) is 30.5 Å². The van der Waals surface area contributed by atoms with Gasteiger partial charge in [0, 0.05) is 12.7 Å². The molecule has 2 aromatic heterocycles. The number of nitrogens with zero attached hydrogens (tertiary/aromatic N) is 2. The minimum Gasteiger partial charge on any atom is -0.487 e. The number of halogens is 1. The van der Waals surface area contributed by atoms with Crippen molar-refractivity contribution in [2.75, 3.05) is 13.1 Å². The van der Waals surface area contributed by atoms with E-state index in [0.717, 1.165) is 22.8 Å². The van der Waals surface area contributed by atoms with Gasteiger partial charge in [0.2, 0.25) is 0 Å². The van der Waals surface area contributed by atoms with Gasteiger partial charge in [-0.1, -0.05) is 18.2 Å². The normalized spacial score (nSPS) is 13.1. The summed E-state index contributed by atoms with van der Waals surface area (Å²) in [6, 6.07) is 17.2. The summed E-state index contributed by atoms with van der Waals surface area (Å²) in [5.74, 6) is 2.67. The van der Waals surface area contributed by atoms with E-state index in [9.17, 15) is 5.11 Å². The standard InChI is InChI=1S/C24H30N4O3.HI/c1-4-25-23(28-17-24(3,29)22-12-11-18(2)31-22)27-15-19-8-7-10-21(14-19)30-16-20-9-5-6-13-26-20;/h5-14,29H,4,15-17H2,1-3H3,(H2,25,27,28);1H. The Kier molecular flexibility index (Phi) is 9.98. The first-order chi connectivity index (χ1) is 15.0. The third kappa shape index (κ3) is 7.83. The van der Waals surface area contributed by atoms with Crippen molar-refractivity contribution < 1.29 is 14.3 Å². The highest BCUT2D eigenvalue weighted by Gasteiger charge is 2.27. The van der Waals surface area contributed by atoms with Crippen molar-refractivity contribution in [1.82, 2.24) is 15.6 Å². The molecule has 0 bridgehead atoms. The molecule has 172 valence electrons. The Morgan fingerprint density at radius 2 is 2.00 bits per heavy atom. The first-order valence-electron chi connectivity index (χ1n) is 10.4. The molecule has 0 spiro atoms. The van der Waals surface area contributed by atoms with Crippen molar-refractivity contribution in [3.05, 3.63) is 83.6 Å². The van der Waals surface area contributed by atoms with Gasteiger partial charge < -0.3 is 24.9 Å². The zero-order chi connectivity index (χ0) is 22.1. The number of aryl methyl sites for hydroxylation is 1. The zero-order valence-corrected chi connectivity index (χ0v) is 21.0. The summed E-state index contributed by atoms with van der Waals surface area (Å²) >= 11 is 0. The van der Waals surface area contributed by atoms with Gasteiger partial charge in [0.05, 0.1) is 18.8 Å². The second-order valence-corrected chi connectivity index (χ2v) is 7.49. The molecule has 8 heteroatoms. The molecule has 0 aliphatic heterocycles. The molecule has 3 N–H and O–H groups in total. The van der Waals surface area contributed by atoms with Crippen LogP contribution in [0.25, 0.3) is 0 Å². The largest absolute Gasteiger partial charge is 0.487 e. The number of guanidine groups is 1. The number of furan rings is 1. The molecular weight excluding hydrogens is 519 g/mol. The predicted octanol–water partition coefficient (Wildman–Crippen LogP) is 4.14. The SMILES string of the molecule is CCNC(=NCc1cccc(OCc2ccccn2)c1)NCC(C)(O)c1ccc(C)o1.I.